The summed E-state index contributed by atoms with van der Waals surface area (Å²) in [6.45, 7) is 4.83. The van der Waals surface area contributed by atoms with Gasteiger partial charge in [-0.3, -0.25) is 9.59 Å². The van der Waals surface area contributed by atoms with Gasteiger partial charge in [0.15, 0.2) is 0 Å². The molecule has 0 rings (SSSR count). The lowest BCUT2D eigenvalue weighted by molar-refractivity contribution is -0.143. The average molecular weight is 816 g/mol. The Bertz CT molecular complexity index is 946. The van der Waals surface area contributed by atoms with Crippen LogP contribution in [0.4, 0.5) is 0 Å². The molecule has 0 aliphatic carbocycles. The van der Waals surface area contributed by atoms with Crippen molar-refractivity contribution < 1.29 is 24.5 Å². The maximum absolute atomic E-state index is 12.4. The summed E-state index contributed by atoms with van der Waals surface area (Å²) >= 11 is 0. The van der Waals surface area contributed by atoms with E-state index < -0.39 is 12.1 Å². The number of carbonyl (C=O) groups excluding carboxylic acids is 2. The highest BCUT2D eigenvalue weighted by molar-refractivity contribution is 5.76. The number of aliphatic hydroxyl groups is 2. The summed E-state index contributed by atoms with van der Waals surface area (Å²) in [5, 5.41) is 22.9. The van der Waals surface area contributed by atoms with Gasteiger partial charge < -0.3 is 20.3 Å². The van der Waals surface area contributed by atoms with Crippen molar-refractivity contribution in [1.29, 1.82) is 0 Å². The third-order valence-electron chi connectivity index (χ3n) is 11.4. The van der Waals surface area contributed by atoms with Gasteiger partial charge in [-0.05, 0) is 51.4 Å². The van der Waals surface area contributed by atoms with E-state index in [2.05, 4.69) is 37.4 Å². The summed E-state index contributed by atoms with van der Waals surface area (Å²) < 4.78 is 5.45. The lowest BCUT2D eigenvalue weighted by atomic mass is 10.0. The van der Waals surface area contributed by atoms with Crippen molar-refractivity contribution in [3.05, 3.63) is 36.5 Å². The smallest absolute Gasteiger partial charge is 0.305 e. The normalized spacial score (nSPS) is 13.0. The summed E-state index contributed by atoms with van der Waals surface area (Å²) in [6, 6.07) is -0.671. The Morgan fingerprint density at radius 2 is 0.879 bits per heavy atom. The van der Waals surface area contributed by atoms with Crippen molar-refractivity contribution in [1.82, 2.24) is 5.32 Å². The molecule has 6 heteroatoms. The van der Waals surface area contributed by atoms with E-state index in [1.807, 2.05) is 12.2 Å². The topological polar surface area (TPSA) is 95.9 Å². The zero-order valence-corrected chi connectivity index (χ0v) is 38.5. The van der Waals surface area contributed by atoms with Gasteiger partial charge in [-0.15, -0.1) is 0 Å². The summed E-state index contributed by atoms with van der Waals surface area (Å²) in [7, 11) is 0. The fourth-order valence-electron chi connectivity index (χ4n) is 7.51. The molecule has 0 spiro atoms. The Hall–Kier alpha value is -1.92. The molecule has 58 heavy (non-hydrogen) atoms. The van der Waals surface area contributed by atoms with Crippen LogP contribution in [0.15, 0.2) is 36.5 Å². The molecule has 1 amide bonds. The summed E-state index contributed by atoms with van der Waals surface area (Å²) in [5.41, 5.74) is 0. The second-order valence-corrected chi connectivity index (χ2v) is 17.1. The number of amides is 1. The van der Waals surface area contributed by atoms with Crippen LogP contribution in [0, 0.1) is 0 Å². The molecule has 3 N–H and O–H groups in total. The van der Waals surface area contributed by atoms with E-state index >= 15 is 0 Å². The molecule has 0 radical (unpaired) electrons. The molecule has 0 fully saturated rings. The fraction of sp³-hybridized carbons (Fsp3) is 0.846. The SMILES string of the molecule is CCCCCCCCCCCCCC/C=C/C(O)C(CO)NC(=O)CC/C=C\C/C=C\CCCCCCCCOC(=O)CCCCCCCCCCCCCCCC. The predicted octanol–water partition coefficient (Wildman–Crippen LogP) is 14.9. The number of esters is 1. The van der Waals surface area contributed by atoms with Gasteiger partial charge in [-0.2, -0.15) is 0 Å². The van der Waals surface area contributed by atoms with Crippen LogP contribution in [0.3, 0.4) is 0 Å². The molecule has 340 valence electrons. The van der Waals surface area contributed by atoms with Crippen LogP contribution in [0.2, 0.25) is 0 Å². The molecule has 0 bridgehead atoms. The fourth-order valence-corrected chi connectivity index (χ4v) is 7.51. The summed E-state index contributed by atoms with van der Waals surface area (Å²) in [5.74, 6) is -0.166. The van der Waals surface area contributed by atoms with E-state index in [0.29, 0.717) is 25.9 Å². The van der Waals surface area contributed by atoms with Crippen LogP contribution in [0.5, 0.6) is 0 Å². The zero-order chi connectivity index (χ0) is 42.3. The molecule has 2 unspecified atom stereocenters. The minimum atomic E-state index is -0.878. The number of allylic oxidation sites excluding steroid dienone is 5. The molecular formula is C52H97NO5. The van der Waals surface area contributed by atoms with Crippen molar-refractivity contribution in [2.75, 3.05) is 13.2 Å². The first-order valence-corrected chi connectivity index (χ1v) is 25.3. The van der Waals surface area contributed by atoms with Crippen molar-refractivity contribution in [3.8, 4) is 0 Å². The first-order chi connectivity index (χ1) is 28.5. The third-order valence-corrected chi connectivity index (χ3v) is 11.4. The molecule has 0 heterocycles. The highest BCUT2D eigenvalue weighted by atomic mass is 16.5. The van der Waals surface area contributed by atoms with Crippen LogP contribution in [-0.4, -0.2) is 47.4 Å². The lowest BCUT2D eigenvalue weighted by Gasteiger charge is -2.19. The third kappa shape index (κ3) is 43.7. The molecule has 0 saturated heterocycles. The molecule has 0 aliphatic rings. The lowest BCUT2D eigenvalue weighted by Crippen LogP contribution is -2.45. The Morgan fingerprint density at radius 1 is 0.483 bits per heavy atom. The number of ether oxygens (including phenoxy) is 1. The van der Waals surface area contributed by atoms with Gasteiger partial charge in [-0.1, -0.05) is 230 Å². The van der Waals surface area contributed by atoms with Crippen molar-refractivity contribution in [2.45, 2.75) is 270 Å². The molecule has 0 aliphatic heterocycles. The Balaban J connectivity index is 3.58. The first kappa shape index (κ1) is 56.1. The number of hydrogen-bond acceptors (Lipinski definition) is 5. The first-order valence-electron chi connectivity index (χ1n) is 25.3. The summed E-state index contributed by atoms with van der Waals surface area (Å²) in [4.78, 5) is 24.4. The Labute approximate surface area is 360 Å². The maximum Gasteiger partial charge on any atom is 0.305 e. The van der Waals surface area contributed by atoms with Crippen LogP contribution in [-0.2, 0) is 14.3 Å². The number of hydrogen-bond donors (Lipinski definition) is 3. The van der Waals surface area contributed by atoms with Gasteiger partial charge in [0, 0.05) is 12.8 Å². The zero-order valence-electron chi connectivity index (χ0n) is 38.5. The second kappa shape index (κ2) is 47.8. The largest absolute Gasteiger partial charge is 0.466 e. The molecular weight excluding hydrogens is 719 g/mol. The molecule has 0 aromatic heterocycles. The quantitative estimate of drug-likeness (QED) is 0.0323. The van der Waals surface area contributed by atoms with Gasteiger partial charge >= 0.3 is 5.97 Å². The second-order valence-electron chi connectivity index (χ2n) is 17.1. The number of aliphatic hydroxyl groups excluding tert-OH is 2. The van der Waals surface area contributed by atoms with E-state index in [1.165, 1.54) is 173 Å². The van der Waals surface area contributed by atoms with E-state index in [1.54, 1.807) is 6.08 Å². The molecule has 0 aromatic carbocycles. The van der Waals surface area contributed by atoms with Gasteiger partial charge in [0.1, 0.15) is 0 Å². The van der Waals surface area contributed by atoms with Gasteiger partial charge in [0.25, 0.3) is 0 Å². The Morgan fingerprint density at radius 3 is 1.34 bits per heavy atom. The van der Waals surface area contributed by atoms with Crippen LogP contribution in [0.25, 0.3) is 0 Å². The van der Waals surface area contributed by atoms with Gasteiger partial charge in [0.2, 0.25) is 5.91 Å². The van der Waals surface area contributed by atoms with E-state index in [0.717, 1.165) is 51.4 Å². The van der Waals surface area contributed by atoms with Gasteiger partial charge in [0.05, 0.1) is 25.4 Å². The molecule has 0 saturated carbocycles. The number of nitrogens with one attached hydrogen (secondary N) is 1. The molecule has 0 aromatic rings. The van der Waals surface area contributed by atoms with Gasteiger partial charge in [-0.25, -0.2) is 0 Å². The summed E-state index contributed by atoms with van der Waals surface area (Å²) in [6.07, 6.45) is 57.2. The monoisotopic (exact) mass is 816 g/mol. The van der Waals surface area contributed by atoms with Crippen molar-refractivity contribution in [2.24, 2.45) is 0 Å². The standard InChI is InChI=1S/C52H97NO5/c1-3-5-7-9-11-13-15-17-20-24-28-32-36-40-44-50(55)49(48-54)53-51(56)45-41-37-33-29-25-21-19-23-27-31-35-39-43-47-58-52(57)46-42-38-34-30-26-22-18-16-14-12-10-8-6-4-2/h21,25,33,37,40,44,49-50,54-55H,3-20,22-24,26-32,34-36,38-39,41-43,45-48H2,1-2H3,(H,53,56)/b25-21-,37-33-,44-40+. The highest BCUT2D eigenvalue weighted by Gasteiger charge is 2.17. The van der Waals surface area contributed by atoms with E-state index in [4.69, 9.17) is 4.74 Å². The highest BCUT2D eigenvalue weighted by Crippen LogP contribution is 2.15. The van der Waals surface area contributed by atoms with Crippen LogP contribution >= 0.6 is 0 Å². The minimum Gasteiger partial charge on any atom is -0.466 e. The van der Waals surface area contributed by atoms with Crippen LogP contribution < -0.4 is 5.32 Å². The number of unbranched alkanes of at least 4 members (excludes halogenated alkanes) is 31. The van der Waals surface area contributed by atoms with E-state index in [-0.39, 0.29) is 18.5 Å². The van der Waals surface area contributed by atoms with Crippen molar-refractivity contribution in [3.63, 3.8) is 0 Å². The average Bonchev–Trinajstić information content (AvgIpc) is 3.22. The molecule has 2 atom stereocenters. The predicted molar refractivity (Wildman–Crippen MR) is 250 cm³/mol. The maximum atomic E-state index is 12.4. The van der Waals surface area contributed by atoms with E-state index in [9.17, 15) is 19.8 Å². The molecule has 6 nitrogen and oxygen atoms in total. The van der Waals surface area contributed by atoms with Crippen molar-refractivity contribution >= 4 is 11.9 Å². The Kier molecular flexibility index (Phi) is 46.2. The number of rotatable bonds is 46. The minimum absolute atomic E-state index is 0.0169. The van der Waals surface area contributed by atoms with Crippen LogP contribution in [0.1, 0.15) is 258 Å². The number of carbonyl (C=O) groups is 2.